The second kappa shape index (κ2) is 4.87. The summed E-state index contributed by atoms with van der Waals surface area (Å²) in [4.78, 5) is 17.2. The molecule has 17 heavy (non-hydrogen) atoms. The average molecular weight is 259 g/mol. The van der Waals surface area contributed by atoms with Crippen LogP contribution in [0.5, 0.6) is 0 Å². The first kappa shape index (κ1) is 12.1. The molecule has 0 aliphatic carbocycles. The number of oxazole rings is 1. The molecule has 0 saturated carbocycles. The molecule has 0 aliphatic heterocycles. The lowest BCUT2D eigenvalue weighted by Gasteiger charge is -2.16. The Labute approximate surface area is 101 Å². The molecule has 92 valence electrons. The van der Waals surface area contributed by atoms with Crippen LogP contribution in [0.15, 0.2) is 21.5 Å². The maximum Gasteiger partial charge on any atom is 0.418 e. The predicted molar refractivity (Wildman–Crippen MR) is 60.9 cm³/mol. The number of hydrogen-bond donors (Lipinski definition) is 3. The smallest absolute Gasteiger partial charge is 0.406 e. The lowest BCUT2D eigenvalue weighted by molar-refractivity contribution is 0.0168. The third-order valence-electron chi connectivity index (χ3n) is 2.41. The largest absolute Gasteiger partial charge is 0.418 e. The van der Waals surface area contributed by atoms with Gasteiger partial charge in [-0.2, -0.15) is 0 Å². The van der Waals surface area contributed by atoms with Crippen LogP contribution >= 0.6 is 11.6 Å². The molecule has 7 heteroatoms. The normalized spacial score (nSPS) is 15.0. The van der Waals surface area contributed by atoms with Crippen LogP contribution in [0.4, 0.5) is 0 Å². The van der Waals surface area contributed by atoms with Gasteiger partial charge in [0.05, 0.1) is 6.10 Å². The van der Waals surface area contributed by atoms with Crippen LogP contribution in [0.25, 0.3) is 11.2 Å². The van der Waals surface area contributed by atoms with Gasteiger partial charge < -0.3 is 14.6 Å². The second-order valence-electron chi connectivity index (χ2n) is 3.62. The van der Waals surface area contributed by atoms with Crippen molar-refractivity contribution in [1.29, 1.82) is 0 Å². The van der Waals surface area contributed by atoms with Gasteiger partial charge in [-0.25, -0.2) is 9.78 Å². The summed E-state index contributed by atoms with van der Waals surface area (Å²) in [5, 5.41) is 19.4. The zero-order chi connectivity index (χ0) is 12.4. The molecule has 2 rings (SSSR count). The van der Waals surface area contributed by atoms with Crippen LogP contribution in [0.2, 0.25) is 0 Å². The molecule has 2 aromatic rings. The van der Waals surface area contributed by atoms with Gasteiger partial charge >= 0.3 is 5.76 Å². The summed E-state index contributed by atoms with van der Waals surface area (Å²) in [6, 6.07) is 1.46. The topological polar surface area (TPSA) is 99.4 Å². The van der Waals surface area contributed by atoms with Gasteiger partial charge in [0.25, 0.3) is 0 Å². The van der Waals surface area contributed by atoms with Crippen molar-refractivity contribution in [3.05, 3.63) is 28.4 Å². The third-order valence-corrected chi connectivity index (χ3v) is 2.63. The van der Waals surface area contributed by atoms with E-state index < -0.39 is 18.0 Å². The van der Waals surface area contributed by atoms with Gasteiger partial charge in [-0.15, -0.1) is 11.6 Å². The Hall–Kier alpha value is -1.37. The molecule has 0 amide bonds. The summed E-state index contributed by atoms with van der Waals surface area (Å²) in [6.45, 7) is 0. The van der Waals surface area contributed by atoms with E-state index in [2.05, 4.69) is 9.97 Å². The number of alkyl halides is 1. The van der Waals surface area contributed by atoms with E-state index in [0.717, 1.165) is 0 Å². The fourth-order valence-corrected chi connectivity index (χ4v) is 1.73. The highest BCUT2D eigenvalue weighted by Gasteiger charge is 2.19. The van der Waals surface area contributed by atoms with Gasteiger partial charge in [-0.05, 0) is 12.5 Å². The van der Waals surface area contributed by atoms with E-state index in [1.54, 1.807) is 0 Å². The quantitative estimate of drug-likeness (QED) is 0.695. The molecule has 2 heterocycles. The Kier molecular flexibility index (Phi) is 3.46. The van der Waals surface area contributed by atoms with Crippen LogP contribution in [-0.4, -0.2) is 32.2 Å². The number of pyridine rings is 1. The molecule has 2 aromatic heterocycles. The number of nitrogens with zero attached hydrogens (tertiary/aromatic N) is 1. The van der Waals surface area contributed by atoms with Crippen LogP contribution in [0.3, 0.4) is 0 Å². The average Bonchev–Trinajstić information content (AvgIpc) is 2.67. The molecular formula is C10H11ClN2O4. The highest BCUT2D eigenvalue weighted by atomic mass is 35.5. The molecule has 0 aliphatic rings. The maximum absolute atomic E-state index is 10.9. The highest BCUT2D eigenvalue weighted by Crippen LogP contribution is 2.21. The van der Waals surface area contributed by atoms with Crippen LogP contribution in [0, 0.1) is 0 Å². The van der Waals surface area contributed by atoms with Crippen LogP contribution in [-0.2, 0) is 0 Å². The molecule has 6 nitrogen and oxygen atoms in total. The van der Waals surface area contributed by atoms with E-state index in [0.29, 0.717) is 11.2 Å². The minimum atomic E-state index is -1.11. The number of rotatable bonds is 4. The van der Waals surface area contributed by atoms with Crippen molar-refractivity contribution in [3.63, 3.8) is 0 Å². The van der Waals surface area contributed by atoms with Gasteiger partial charge in [0.15, 0.2) is 11.2 Å². The fraction of sp³-hybridized carbons (Fsp3) is 0.400. The summed E-state index contributed by atoms with van der Waals surface area (Å²) < 4.78 is 4.81. The Bertz CT molecular complexity index is 565. The zero-order valence-corrected chi connectivity index (χ0v) is 9.52. The number of H-pyrrole nitrogens is 1. The predicted octanol–water partition coefficient (Wildman–Crippen LogP) is 0.539. The standard InChI is InChI=1S/C10H11ClN2O4/c11-2-1-6(14)8(15)5-3-7-9(12-4-5)13-10(16)17-7/h3-4,6,8,14-15H,1-2H2,(H,12,13,16). The molecule has 0 fully saturated rings. The number of halogens is 1. The van der Waals surface area contributed by atoms with Crippen molar-refractivity contribution in [2.24, 2.45) is 0 Å². The molecule has 2 atom stereocenters. The summed E-state index contributed by atoms with van der Waals surface area (Å²) in [7, 11) is 0. The van der Waals surface area contributed by atoms with Gasteiger partial charge in [0.1, 0.15) is 6.10 Å². The number of aliphatic hydroxyl groups excluding tert-OH is 2. The summed E-state index contributed by atoms with van der Waals surface area (Å²) >= 11 is 5.47. The fourth-order valence-electron chi connectivity index (χ4n) is 1.51. The zero-order valence-electron chi connectivity index (χ0n) is 8.76. The summed E-state index contributed by atoms with van der Waals surface area (Å²) in [5.74, 6) is -0.368. The minimum Gasteiger partial charge on any atom is -0.406 e. The van der Waals surface area contributed by atoms with E-state index in [9.17, 15) is 15.0 Å². The molecular weight excluding hydrogens is 248 g/mol. The highest BCUT2D eigenvalue weighted by molar-refractivity contribution is 6.17. The Morgan fingerprint density at radius 2 is 2.29 bits per heavy atom. The van der Waals surface area contributed by atoms with E-state index in [-0.39, 0.29) is 17.9 Å². The molecule has 0 radical (unpaired) electrons. The first-order chi connectivity index (χ1) is 8.11. The third kappa shape index (κ3) is 2.49. The van der Waals surface area contributed by atoms with E-state index in [4.69, 9.17) is 16.0 Å². The Morgan fingerprint density at radius 3 is 3.00 bits per heavy atom. The number of aromatic amines is 1. The second-order valence-corrected chi connectivity index (χ2v) is 4.00. The molecule has 0 saturated heterocycles. The first-order valence-corrected chi connectivity index (χ1v) is 5.56. The van der Waals surface area contributed by atoms with E-state index in [1.807, 2.05) is 0 Å². The first-order valence-electron chi connectivity index (χ1n) is 5.02. The van der Waals surface area contributed by atoms with Gasteiger partial charge in [0, 0.05) is 17.6 Å². The monoisotopic (exact) mass is 258 g/mol. The molecule has 3 N–H and O–H groups in total. The number of hydrogen-bond acceptors (Lipinski definition) is 5. The van der Waals surface area contributed by atoms with Crippen LogP contribution < -0.4 is 5.76 Å². The van der Waals surface area contributed by atoms with Crippen molar-refractivity contribution in [2.45, 2.75) is 18.6 Å². The van der Waals surface area contributed by atoms with Crippen LogP contribution in [0.1, 0.15) is 18.1 Å². The number of fused-ring (bicyclic) bond motifs is 1. The number of nitrogens with one attached hydrogen (secondary N) is 1. The van der Waals surface area contributed by atoms with Gasteiger partial charge in [-0.3, -0.25) is 4.98 Å². The summed E-state index contributed by atoms with van der Waals surface area (Å²) in [6.07, 6.45) is -0.448. The minimum absolute atomic E-state index is 0.240. The van der Waals surface area contributed by atoms with Crippen molar-refractivity contribution in [1.82, 2.24) is 9.97 Å². The van der Waals surface area contributed by atoms with Gasteiger partial charge in [-0.1, -0.05) is 0 Å². The van der Waals surface area contributed by atoms with Crippen molar-refractivity contribution >= 4 is 22.8 Å². The Balaban J connectivity index is 2.32. The summed E-state index contributed by atoms with van der Waals surface area (Å²) in [5.41, 5.74) is 0.917. The number of aliphatic hydroxyl groups is 2. The Morgan fingerprint density at radius 1 is 1.53 bits per heavy atom. The molecule has 0 spiro atoms. The van der Waals surface area contributed by atoms with Crippen molar-refractivity contribution < 1.29 is 14.6 Å². The van der Waals surface area contributed by atoms with Gasteiger partial charge in [0.2, 0.25) is 0 Å². The number of aromatic nitrogens is 2. The molecule has 0 aromatic carbocycles. The van der Waals surface area contributed by atoms with Crippen molar-refractivity contribution in [2.75, 3.05) is 5.88 Å². The molecule has 2 unspecified atom stereocenters. The lowest BCUT2D eigenvalue weighted by atomic mass is 10.0. The molecule has 0 bridgehead atoms. The van der Waals surface area contributed by atoms with E-state index in [1.165, 1.54) is 12.3 Å². The van der Waals surface area contributed by atoms with E-state index >= 15 is 0 Å². The maximum atomic E-state index is 10.9. The lowest BCUT2D eigenvalue weighted by Crippen LogP contribution is -2.18. The van der Waals surface area contributed by atoms with Crippen molar-refractivity contribution in [3.8, 4) is 0 Å². The SMILES string of the molecule is O=c1[nH]c2ncc(C(O)C(O)CCCl)cc2o1.